The topological polar surface area (TPSA) is 121 Å². The van der Waals surface area contributed by atoms with Gasteiger partial charge in [-0.15, -0.1) is 0 Å². The number of allylic oxidation sites excluding steroid dienone is 3. The zero-order valence-corrected chi connectivity index (χ0v) is 17.6. The Morgan fingerprint density at radius 3 is 2.63 bits per heavy atom. The van der Waals surface area contributed by atoms with E-state index in [1.165, 1.54) is 19.1 Å². The van der Waals surface area contributed by atoms with Crippen LogP contribution in [0.1, 0.15) is 46.5 Å². The number of ketones is 2. The van der Waals surface area contributed by atoms with Gasteiger partial charge in [0.15, 0.2) is 12.4 Å². The monoisotopic (exact) mass is 418 g/mol. The van der Waals surface area contributed by atoms with Crippen molar-refractivity contribution in [3.8, 4) is 0 Å². The summed E-state index contributed by atoms with van der Waals surface area (Å²) in [5.41, 5.74) is -2.60. The predicted molar refractivity (Wildman–Crippen MR) is 106 cm³/mol. The Morgan fingerprint density at radius 2 is 1.97 bits per heavy atom. The van der Waals surface area contributed by atoms with Crippen molar-refractivity contribution in [1.29, 1.82) is 0 Å². The van der Waals surface area contributed by atoms with E-state index in [4.69, 9.17) is 4.74 Å². The molecule has 0 aromatic rings. The lowest BCUT2D eigenvalue weighted by atomic mass is 9.45. The molecule has 30 heavy (non-hydrogen) atoms. The zero-order valence-electron chi connectivity index (χ0n) is 17.6. The first-order valence-electron chi connectivity index (χ1n) is 10.6. The molecule has 3 fully saturated rings. The second kappa shape index (κ2) is 6.84. The van der Waals surface area contributed by atoms with Crippen LogP contribution in [-0.2, 0) is 19.1 Å². The standard InChI is InChI=1S/C23H30O7/c1-12(24)30-11-19(28)23(29)7-5-15-14-9-17(26)16-8-13(25)4-6-21(16,2)20(14)18(27)10-22(15,23)3/h4,6,8,14-15,17-18,20,26-27,29H,5,7,9-11H2,1-3H3/t14-,15-,17?,18?,20+,21-,22-,23-/m0/s1. The van der Waals surface area contributed by atoms with E-state index in [0.717, 1.165) is 0 Å². The van der Waals surface area contributed by atoms with E-state index in [0.29, 0.717) is 18.4 Å². The average molecular weight is 418 g/mol. The van der Waals surface area contributed by atoms with E-state index in [1.54, 1.807) is 6.08 Å². The fourth-order valence-electron chi connectivity index (χ4n) is 7.13. The number of carbonyl (C=O) groups excluding carboxylic acids is 3. The molecule has 4 aliphatic carbocycles. The van der Waals surface area contributed by atoms with Gasteiger partial charge in [0.05, 0.1) is 12.2 Å². The molecule has 0 heterocycles. The number of carbonyl (C=O) groups is 3. The highest BCUT2D eigenvalue weighted by atomic mass is 16.5. The van der Waals surface area contributed by atoms with Gasteiger partial charge in [-0.05, 0) is 55.2 Å². The molecule has 7 heteroatoms. The van der Waals surface area contributed by atoms with Crippen LogP contribution in [0.4, 0.5) is 0 Å². The molecule has 0 bridgehead atoms. The minimum Gasteiger partial charge on any atom is -0.458 e. The molecule has 8 atom stereocenters. The number of esters is 1. The molecule has 4 aliphatic rings. The van der Waals surface area contributed by atoms with Gasteiger partial charge < -0.3 is 20.1 Å². The number of ether oxygens (including phenoxy) is 1. The highest BCUT2D eigenvalue weighted by Gasteiger charge is 2.68. The Labute approximate surface area is 175 Å². The van der Waals surface area contributed by atoms with E-state index >= 15 is 0 Å². The summed E-state index contributed by atoms with van der Waals surface area (Å²) < 4.78 is 4.85. The minimum atomic E-state index is -1.70. The third-order valence-corrected chi connectivity index (χ3v) is 8.53. The lowest BCUT2D eigenvalue weighted by molar-refractivity contribution is -0.184. The lowest BCUT2D eigenvalue weighted by Crippen LogP contribution is -2.63. The van der Waals surface area contributed by atoms with E-state index in [9.17, 15) is 29.7 Å². The van der Waals surface area contributed by atoms with Crippen LogP contribution < -0.4 is 0 Å². The molecule has 0 radical (unpaired) electrons. The minimum absolute atomic E-state index is 0.0868. The van der Waals surface area contributed by atoms with Gasteiger partial charge in [-0.2, -0.15) is 0 Å². The van der Waals surface area contributed by atoms with Gasteiger partial charge in [0, 0.05) is 23.7 Å². The SMILES string of the molecule is CC(=O)OCC(=O)[C@@]1(O)CC[C@H]2[C@@H]3CC(O)C4=CC(=O)C=C[C@]4(C)[C@H]3C(O)C[C@@]21C. The highest BCUT2D eigenvalue weighted by Crippen LogP contribution is 2.67. The van der Waals surface area contributed by atoms with Gasteiger partial charge >= 0.3 is 5.97 Å². The number of rotatable bonds is 3. The highest BCUT2D eigenvalue weighted by molar-refractivity contribution is 6.01. The normalized spacial score (nSPS) is 47.1. The molecular weight excluding hydrogens is 388 g/mol. The number of hydrogen-bond donors (Lipinski definition) is 3. The van der Waals surface area contributed by atoms with Crippen molar-refractivity contribution in [3.63, 3.8) is 0 Å². The number of Topliss-reactive ketones (excluding diaryl/α,β-unsaturated/α-hetero) is 1. The quantitative estimate of drug-likeness (QED) is 0.587. The molecule has 2 unspecified atom stereocenters. The second-order valence-corrected chi connectivity index (χ2v) is 9.96. The first-order valence-corrected chi connectivity index (χ1v) is 10.6. The van der Waals surface area contributed by atoms with Crippen molar-refractivity contribution in [2.75, 3.05) is 6.61 Å². The van der Waals surface area contributed by atoms with Gasteiger partial charge in [-0.3, -0.25) is 14.4 Å². The van der Waals surface area contributed by atoms with Crippen molar-refractivity contribution in [1.82, 2.24) is 0 Å². The van der Waals surface area contributed by atoms with Crippen molar-refractivity contribution >= 4 is 17.5 Å². The van der Waals surface area contributed by atoms with Crippen molar-refractivity contribution < 1.29 is 34.4 Å². The number of fused-ring (bicyclic) bond motifs is 5. The maximum atomic E-state index is 12.9. The van der Waals surface area contributed by atoms with E-state index in [2.05, 4.69) is 0 Å². The molecule has 3 N–H and O–H groups in total. The summed E-state index contributed by atoms with van der Waals surface area (Å²) in [4.78, 5) is 35.9. The van der Waals surface area contributed by atoms with E-state index in [-0.39, 0.29) is 36.4 Å². The van der Waals surface area contributed by atoms with E-state index in [1.807, 2.05) is 13.8 Å². The van der Waals surface area contributed by atoms with Crippen molar-refractivity contribution in [2.45, 2.75) is 64.3 Å². The Kier molecular flexibility index (Phi) is 4.88. The molecule has 0 aromatic carbocycles. The van der Waals surface area contributed by atoms with Gasteiger partial charge in [-0.25, -0.2) is 0 Å². The van der Waals surface area contributed by atoms with Crippen LogP contribution in [0.25, 0.3) is 0 Å². The average Bonchev–Trinajstić information content (AvgIpc) is 2.93. The summed E-state index contributed by atoms with van der Waals surface area (Å²) in [6.07, 6.45) is 4.54. The first-order chi connectivity index (χ1) is 13.9. The molecular formula is C23H30O7. The van der Waals surface area contributed by atoms with Crippen LogP contribution in [0.15, 0.2) is 23.8 Å². The van der Waals surface area contributed by atoms with Crippen LogP contribution in [0, 0.1) is 28.6 Å². The van der Waals surface area contributed by atoms with Crippen LogP contribution in [0.3, 0.4) is 0 Å². The van der Waals surface area contributed by atoms with Gasteiger partial charge in [0.1, 0.15) is 5.60 Å². The molecule has 0 aromatic heterocycles. The lowest BCUT2D eigenvalue weighted by Gasteiger charge is -2.60. The Bertz CT molecular complexity index is 860. The molecule has 0 amide bonds. The van der Waals surface area contributed by atoms with E-state index < -0.39 is 47.0 Å². The van der Waals surface area contributed by atoms with Crippen LogP contribution in [0.2, 0.25) is 0 Å². The molecule has 0 aliphatic heterocycles. The predicted octanol–water partition coefficient (Wildman–Crippen LogP) is 1.10. The third kappa shape index (κ3) is 2.78. The Morgan fingerprint density at radius 1 is 1.27 bits per heavy atom. The van der Waals surface area contributed by atoms with Crippen molar-refractivity contribution in [2.24, 2.45) is 28.6 Å². The molecule has 4 rings (SSSR count). The molecule has 7 nitrogen and oxygen atoms in total. The van der Waals surface area contributed by atoms with Crippen LogP contribution >= 0.6 is 0 Å². The Hall–Kier alpha value is -1.83. The smallest absolute Gasteiger partial charge is 0.303 e. The van der Waals surface area contributed by atoms with Gasteiger partial charge in [0.2, 0.25) is 5.78 Å². The van der Waals surface area contributed by atoms with Crippen LogP contribution in [-0.4, -0.2) is 57.3 Å². The largest absolute Gasteiger partial charge is 0.458 e. The Balaban J connectivity index is 1.70. The zero-order chi connectivity index (χ0) is 22.1. The number of aliphatic hydroxyl groups excluding tert-OH is 2. The maximum absolute atomic E-state index is 12.9. The fraction of sp³-hybridized carbons (Fsp3) is 0.696. The van der Waals surface area contributed by atoms with Crippen LogP contribution in [0.5, 0.6) is 0 Å². The summed E-state index contributed by atoms with van der Waals surface area (Å²) in [7, 11) is 0. The molecule has 0 saturated heterocycles. The van der Waals surface area contributed by atoms with Gasteiger partial charge in [-0.1, -0.05) is 19.9 Å². The fourth-order valence-corrected chi connectivity index (χ4v) is 7.13. The second-order valence-electron chi connectivity index (χ2n) is 9.96. The van der Waals surface area contributed by atoms with Crippen molar-refractivity contribution in [3.05, 3.63) is 23.8 Å². The third-order valence-electron chi connectivity index (χ3n) is 8.53. The summed E-state index contributed by atoms with van der Waals surface area (Å²) in [5, 5.41) is 33.6. The molecule has 3 saturated carbocycles. The summed E-state index contributed by atoms with van der Waals surface area (Å²) in [5.74, 6) is -1.72. The number of hydrogen-bond acceptors (Lipinski definition) is 7. The summed E-state index contributed by atoms with van der Waals surface area (Å²) in [6, 6.07) is 0. The summed E-state index contributed by atoms with van der Waals surface area (Å²) >= 11 is 0. The number of aliphatic hydroxyl groups is 3. The van der Waals surface area contributed by atoms with Gasteiger partial charge in [0.25, 0.3) is 0 Å². The molecule has 0 spiro atoms. The first kappa shape index (κ1) is 21.4. The maximum Gasteiger partial charge on any atom is 0.303 e. The summed E-state index contributed by atoms with van der Waals surface area (Å²) in [6.45, 7) is 4.50. The molecule has 164 valence electrons.